The molecule has 212 valence electrons. The minimum Gasteiger partial charge on any atom is -0.490 e. The maximum absolute atomic E-state index is 15.8. The summed E-state index contributed by atoms with van der Waals surface area (Å²) in [4.78, 5) is 12.2. The van der Waals surface area contributed by atoms with Crippen LogP contribution >= 0.6 is 11.3 Å². The number of pyridine rings is 2. The first-order chi connectivity index (χ1) is 20.0. The van der Waals surface area contributed by atoms with Gasteiger partial charge in [0.1, 0.15) is 29.7 Å². The minimum atomic E-state index is -0.715. The van der Waals surface area contributed by atoms with Crippen LogP contribution in [-0.4, -0.2) is 61.9 Å². The van der Waals surface area contributed by atoms with Gasteiger partial charge in [-0.15, -0.1) is 11.3 Å². The van der Waals surface area contributed by atoms with E-state index in [1.807, 2.05) is 11.4 Å². The number of ether oxygens (including phenoxy) is 2. The molecule has 4 aromatic rings. The highest BCUT2D eigenvalue weighted by atomic mass is 32.1. The Morgan fingerprint density at radius 3 is 2.83 bits per heavy atom. The Hall–Kier alpha value is -3.42. The summed E-state index contributed by atoms with van der Waals surface area (Å²) in [6.07, 6.45) is 4.69. The summed E-state index contributed by atoms with van der Waals surface area (Å²) in [5, 5.41) is 6.20. The van der Waals surface area contributed by atoms with Crippen molar-refractivity contribution in [2.75, 3.05) is 47.0 Å². The lowest BCUT2D eigenvalue weighted by Gasteiger charge is -2.25. The van der Waals surface area contributed by atoms with Crippen LogP contribution in [0.25, 0.3) is 32.5 Å². The number of fused-ring (bicyclic) bond motifs is 2. The number of hydrogen-bond donors (Lipinski definition) is 1. The summed E-state index contributed by atoms with van der Waals surface area (Å²) in [5.74, 6) is 5.84. The van der Waals surface area contributed by atoms with Gasteiger partial charge < -0.3 is 19.7 Å². The van der Waals surface area contributed by atoms with Crippen LogP contribution in [0.2, 0.25) is 0 Å². The lowest BCUT2D eigenvalue weighted by atomic mass is 9.94. The molecule has 2 aliphatic rings. The van der Waals surface area contributed by atoms with Crippen LogP contribution in [0.15, 0.2) is 35.8 Å². The number of nitrogens with zero attached hydrogens (tertiary/aromatic N) is 3. The molecule has 0 saturated carbocycles. The molecule has 1 aromatic carbocycles. The largest absolute Gasteiger partial charge is 0.490 e. The molecular formula is C32H32F2N4O2S. The molecule has 2 aliphatic heterocycles. The van der Waals surface area contributed by atoms with E-state index >= 15 is 4.39 Å². The Labute approximate surface area is 242 Å². The molecule has 0 aliphatic carbocycles. The summed E-state index contributed by atoms with van der Waals surface area (Å²) in [6, 6.07) is 6.16. The predicted molar refractivity (Wildman–Crippen MR) is 158 cm³/mol. The number of likely N-dealkylation sites (tertiary alicyclic amines) is 1. The smallest absolute Gasteiger partial charge is 0.137 e. The molecule has 1 N–H and O–H groups in total. The van der Waals surface area contributed by atoms with Gasteiger partial charge in [-0.2, -0.15) is 0 Å². The number of rotatable bonds is 6. The fourth-order valence-corrected chi connectivity index (χ4v) is 6.45. The number of halogens is 2. The molecule has 0 spiro atoms. The number of benzene rings is 1. The summed E-state index contributed by atoms with van der Waals surface area (Å²) >= 11 is 1.48. The van der Waals surface area contributed by atoms with Crippen LogP contribution in [0, 0.1) is 29.4 Å². The van der Waals surface area contributed by atoms with Crippen molar-refractivity contribution in [2.24, 2.45) is 5.92 Å². The highest BCUT2D eigenvalue weighted by Crippen LogP contribution is 2.45. The average molecular weight is 575 g/mol. The molecular weight excluding hydrogens is 542 g/mol. The van der Waals surface area contributed by atoms with Crippen LogP contribution in [0.4, 0.5) is 8.78 Å². The molecule has 9 heteroatoms. The van der Waals surface area contributed by atoms with Crippen LogP contribution in [0.5, 0.6) is 5.75 Å². The lowest BCUT2D eigenvalue weighted by molar-refractivity contribution is 0.146. The molecule has 0 unspecified atom stereocenters. The third kappa shape index (κ3) is 5.84. The van der Waals surface area contributed by atoms with Crippen LogP contribution in [0.1, 0.15) is 29.8 Å². The highest BCUT2D eigenvalue weighted by Gasteiger charge is 2.26. The summed E-state index contributed by atoms with van der Waals surface area (Å²) < 4.78 is 42.1. The Kier molecular flexibility index (Phi) is 8.26. The molecule has 41 heavy (non-hydrogen) atoms. The van der Waals surface area contributed by atoms with E-state index in [1.165, 1.54) is 17.4 Å². The molecule has 6 nitrogen and oxygen atoms in total. The van der Waals surface area contributed by atoms with E-state index in [0.717, 1.165) is 71.9 Å². The maximum Gasteiger partial charge on any atom is 0.137 e. The van der Waals surface area contributed by atoms with Gasteiger partial charge in [0.15, 0.2) is 0 Å². The number of nitrogens with one attached hydrogen (secondary N) is 1. The van der Waals surface area contributed by atoms with Gasteiger partial charge in [-0.3, -0.25) is 4.98 Å². The molecule has 1 fully saturated rings. The van der Waals surface area contributed by atoms with E-state index in [2.05, 4.69) is 35.2 Å². The second kappa shape index (κ2) is 12.2. The Morgan fingerprint density at radius 1 is 1.15 bits per heavy atom. The normalized spacial score (nSPS) is 15.9. The first kappa shape index (κ1) is 27.7. The number of thiophene rings is 1. The number of methoxy groups -OCH3 is 1. The first-order valence-corrected chi connectivity index (χ1v) is 14.8. The van der Waals surface area contributed by atoms with Crippen molar-refractivity contribution in [3.8, 4) is 40.0 Å². The highest BCUT2D eigenvalue weighted by molar-refractivity contribution is 7.17. The zero-order chi connectivity index (χ0) is 28.3. The van der Waals surface area contributed by atoms with Crippen LogP contribution < -0.4 is 10.1 Å². The second-order valence-corrected chi connectivity index (χ2v) is 11.5. The number of aromatic nitrogens is 2. The van der Waals surface area contributed by atoms with Gasteiger partial charge in [-0.05, 0) is 62.0 Å². The van der Waals surface area contributed by atoms with Crippen LogP contribution in [0.3, 0.4) is 0 Å². The van der Waals surface area contributed by atoms with E-state index in [0.29, 0.717) is 29.4 Å². The van der Waals surface area contributed by atoms with Gasteiger partial charge >= 0.3 is 0 Å². The topological polar surface area (TPSA) is 59.5 Å². The summed E-state index contributed by atoms with van der Waals surface area (Å²) in [7, 11) is 3.69. The van der Waals surface area contributed by atoms with Crippen molar-refractivity contribution in [2.45, 2.75) is 25.8 Å². The van der Waals surface area contributed by atoms with Crippen molar-refractivity contribution < 1.29 is 18.3 Å². The predicted octanol–water partition coefficient (Wildman–Crippen LogP) is 5.67. The maximum atomic E-state index is 15.8. The number of piperidine rings is 1. The zero-order valence-corrected chi connectivity index (χ0v) is 24.0. The molecule has 0 amide bonds. The van der Waals surface area contributed by atoms with E-state index in [9.17, 15) is 4.39 Å². The van der Waals surface area contributed by atoms with E-state index < -0.39 is 11.6 Å². The van der Waals surface area contributed by atoms with E-state index in [1.54, 1.807) is 13.3 Å². The van der Waals surface area contributed by atoms with Crippen molar-refractivity contribution in [1.82, 2.24) is 20.2 Å². The molecule has 3 aromatic heterocycles. The quantitative estimate of drug-likeness (QED) is 0.237. The van der Waals surface area contributed by atoms with Gasteiger partial charge in [0.2, 0.25) is 0 Å². The monoisotopic (exact) mass is 574 g/mol. The number of hydrogen-bond acceptors (Lipinski definition) is 7. The molecule has 0 atom stereocenters. The zero-order valence-electron chi connectivity index (χ0n) is 23.2. The Bertz CT molecular complexity index is 1640. The minimum absolute atomic E-state index is 0.107. The molecule has 1 saturated heterocycles. The van der Waals surface area contributed by atoms with Crippen LogP contribution in [-0.2, 0) is 17.7 Å². The Balaban J connectivity index is 1.56. The van der Waals surface area contributed by atoms with Gasteiger partial charge in [0.25, 0.3) is 0 Å². The van der Waals surface area contributed by atoms with Gasteiger partial charge in [0, 0.05) is 77.8 Å². The van der Waals surface area contributed by atoms with Gasteiger partial charge in [-0.25, -0.2) is 13.8 Å². The van der Waals surface area contributed by atoms with Gasteiger partial charge in [0.05, 0.1) is 17.9 Å². The Morgan fingerprint density at radius 2 is 2.00 bits per heavy atom. The third-order valence-electron chi connectivity index (χ3n) is 7.72. The fraction of sp³-hybridized carbons (Fsp3) is 0.375. The van der Waals surface area contributed by atoms with Gasteiger partial charge in [-0.1, -0.05) is 5.92 Å². The fourth-order valence-electron chi connectivity index (χ4n) is 5.50. The molecule has 6 rings (SSSR count). The second-order valence-electron chi connectivity index (χ2n) is 10.6. The summed E-state index contributed by atoms with van der Waals surface area (Å²) in [5.41, 5.74) is 4.81. The van der Waals surface area contributed by atoms with E-state index in [-0.39, 0.29) is 24.5 Å². The van der Waals surface area contributed by atoms with Crippen molar-refractivity contribution in [3.05, 3.63) is 64.4 Å². The van der Waals surface area contributed by atoms with Crippen molar-refractivity contribution in [3.63, 3.8) is 0 Å². The average Bonchev–Trinajstić information content (AvgIpc) is 3.47. The summed E-state index contributed by atoms with van der Waals surface area (Å²) in [6.45, 7) is 4.06. The van der Waals surface area contributed by atoms with Crippen molar-refractivity contribution >= 4 is 21.4 Å². The standard InChI is InChI=1S/C32H32F2N4O2S/c1-38-10-6-20(7-11-38)3-4-27-24-8-14-41-32(24)30(29-25(34)16-23(33)17-28(29)40-13-12-39-2)31(37-27)22-15-21-18-35-9-5-26(21)36-19-22/h8,14-17,19-20,35H,5-7,9-13,18H2,1-2H3. The molecule has 0 bridgehead atoms. The third-order valence-corrected chi connectivity index (χ3v) is 8.65. The van der Waals surface area contributed by atoms with E-state index in [4.69, 9.17) is 19.4 Å². The van der Waals surface area contributed by atoms with Crippen molar-refractivity contribution in [1.29, 1.82) is 0 Å². The molecule has 0 radical (unpaired) electrons. The first-order valence-electron chi connectivity index (χ1n) is 13.9. The SMILES string of the molecule is COCCOc1cc(F)cc(F)c1-c1c(-c2cnc3c(c2)CNCC3)nc(C#CC2CCN(C)CC2)c2ccsc12. The lowest BCUT2D eigenvalue weighted by Crippen LogP contribution is -2.29. The molecule has 5 heterocycles.